The highest BCUT2D eigenvalue weighted by atomic mass is 16.3. The molecular formula is C41H25N3O. The molecule has 210 valence electrons. The molecule has 0 amide bonds. The number of aromatic nitrogens is 3. The minimum atomic E-state index is -0.743. The van der Waals surface area contributed by atoms with Gasteiger partial charge in [-0.05, 0) is 44.8 Å². The number of hydrogen-bond donors (Lipinski definition) is 0. The molecule has 0 unspecified atom stereocenters. The van der Waals surface area contributed by atoms with Gasteiger partial charge in [0.15, 0.2) is 17.5 Å². The molecule has 0 bridgehead atoms. The maximum atomic E-state index is 9.26. The van der Waals surface area contributed by atoms with E-state index in [-0.39, 0.29) is 33.8 Å². The fourth-order valence-corrected chi connectivity index (χ4v) is 5.58. The van der Waals surface area contributed by atoms with Gasteiger partial charge < -0.3 is 4.42 Å². The number of fused-ring (bicyclic) bond motifs is 5. The monoisotopic (exact) mass is 588 g/mol. The Balaban J connectivity index is 1.46. The molecule has 4 nitrogen and oxygen atoms in total. The summed E-state index contributed by atoms with van der Waals surface area (Å²) in [4.78, 5) is 14.4. The zero-order chi connectivity index (χ0) is 41.1. The molecule has 0 radical (unpaired) electrons. The van der Waals surface area contributed by atoms with Gasteiger partial charge >= 0.3 is 0 Å². The lowest BCUT2D eigenvalue weighted by molar-refractivity contribution is 0.669. The van der Waals surface area contributed by atoms with Crippen molar-refractivity contribution < 1.29 is 22.2 Å². The number of para-hydroxylation sites is 1. The molecule has 0 saturated heterocycles. The quantitative estimate of drug-likeness (QED) is 0.205. The van der Waals surface area contributed by atoms with Crippen LogP contribution in [-0.4, -0.2) is 15.0 Å². The van der Waals surface area contributed by atoms with Crippen LogP contribution in [-0.2, 0) is 0 Å². The van der Waals surface area contributed by atoms with Gasteiger partial charge in [-0.3, -0.25) is 0 Å². The topological polar surface area (TPSA) is 51.8 Å². The summed E-state index contributed by atoms with van der Waals surface area (Å²) in [5, 5.41) is -0.0273. The van der Waals surface area contributed by atoms with Gasteiger partial charge in [-0.15, -0.1) is 0 Å². The van der Waals surface area contributed by atoms with E-state index in [1.807, 2.05) is 30.3 Å². The third-order valence-corrected chi connectivity index (χ3v) is 7.60. The average Bonchev–Trinajstić information content (AvgIpc) is 3.62. The number of furan rings is 1. The molecule has 0 fully saturated rings. The van der Waals surface area contributed by atoms with E-state index in [0.29, 0.717) is 27.7 Å². The van der Waals surface area contributed by atoms with Crippen molar-refractivity contribution in [3.8, 4) is 45.3 Å². The Morgan fingerprint density at radius 2 is 1.02 bits per heavy atom. The lowest BCUT2D eigenvalue weighted by Gasteiger charge is -2.14. The van der Waals surface area contributed by atoms with E-state index in [1.54, 1.807) is 42.5 Å². The van der Waals surface area contributed by atoms with Crippen LogP contribution in [0.15, 0.2) is 156 Å². The van der Waals surface area contributed by atoms with Gasteiger partial charge in [0, 0.05) is 27.5 Å². The summed E-state index contributed by atoms with van der Waals surface area (Å²) in [5.74, 6) is 0.0642. The standard InChI is InChI=1S/C41H25N3O/c1-2-13-27(14-3-1)39-42-40(44-41(43-39)35-23-11-25-37-38(35)34-17-6-7-24-36(34)45-37)33-22-10-20-31-30(19-9-21-32(31)33)29-18-8-15-26-12-4-5-16-28(26)29/h1-25H/i4D,5D,8D,9D,10D,12D,15D,16D,18D,19D,20D,21D,22D. The van der Waals surface area contributed by atoms with Gasteiger partial charge in [-0.1, -0.05) is 139 Å². The fraction of sp³-hybridized carbons (Fsp3) is 0. The first-order valence-corrected chi connectivity index (χ1v) is 14.0. The lowest BCUT2D eigenvalue weighted by Crippen LogP contribution is -2.01. The molecule has 9 rings (SSSR count). The Hall–Kier alpha value is -6.13. The van der Waals surface area contributed by atoms with Crippen molar-refractivity contribution in [3.05, 3.63) is 151 Å². The maximum Gasteiger partial charge on any atom is 0.164 e. The molecule has 2 aromatic heterocycles. The van der Waals surface area contributed by atoms with E-state index >= 15 is 0 Å². The zero-order valence-electron chi connectivity index (χ0n) is 36.2. The Morgan fingerprint density at radius 3 is 1.89 bits per heavy atom. The number of rotatable bonds is 4. The van der Waals surface area contributed by atoms with Crippen LogP contribution < -0.4 is 0 Å². The van der Waals surface area contributed by atoms with Crippen LogP contribution in [0.1, 0.15) is 17.8 Å². The minimum absolute atomic E-state index is 0.130. The average molecular weight is 589 g/mol. The van der Waals surface area contributed by atoms with Crippen LogP contribution in [0.2, 0.25) is 0 Å². The zero-order valence-corrected chi connectivity index (χ0v) is 23.2. The summed E-state index contributed by atoms with van der Waals surface area (Å²) >= 11 is 0. The largest absolute Gasteiger partial charge is 0.456 e. The van der Waals surface area contributed by atoms with Gasteiger partial charge in [0.2, 0.25) is 0 Å². The first-order valence-electron chi connectivity index (χ1n) is 20.5. The summed E-state index contributed by atoms with van der Waals surface area (Å²) in [7, 11) is 0. The molecule has 45 heavy (non-hydrogen) atoms. The van der Waals surface area contributed by atoms with E-state index in [1.165, 1.54) is 0 Å². The first kappa shape index (κ1) is 15.6. The van der Waals surface area contributed by atoms with E-state index in [9.17, 15) is 4.11 Å². The normalized spacial score (nSPS) is 15.6. The Kier molecular flexibility index (Phi) is 3.54. The van der Waals surface area contributed by atoms with Gasteiger partial charge in [-0.2, -0.15) is 0 Å². The molecule has 0 aliphatic heterocycles. The molecule has 7 aromatic carbocycles. The second kappa shape index (κ2) is 10.2. The van der Waals surface area contributed by atoms with Crippen molar-refractivity contribution in [2.75, 3.05) is 0 Å². The molecule has 0 spiro atoms. The van der Waals surface area contributed by atoms with Crippen molar-refractivity contribution >= 4 is 43.5 Å². The van der Waals surface area contributed by atoms with E-state index in [4.69, 9.17) is 33.1 Å². The van der Waals surface area contributed by atoms with Gasteiger partial charge in [0.1, 0.15) is 11.2 Å². The molecular weight excluding hydrogens is 550 g/mol. The van der Waals surface area contributed by atoms with Crippen LogP contribution in [0.4, 0.5) is 0 Å². The number of hydrogen-bond acceptors (Lipinski definition) is 4. The van der Waals surface area contributed by atoms with E-state index < -0.39 is 100 Å². The van der Waals surface area contributed by atoms with Gasteiger partial charge in [0.05, 0.1) is 17.8 Å². The second-order valence-corrected chi connectivity index (χ2v) is 10.2. The van der Waals surface area contributed by atoms with Gasteiger partial charge in [-0.25, -0.2) is 15.0 Å². The Morgan fingerprint density at radius 1 is 0.422 bits per heavy atom. The Bertz CT molecular complexity index is 3270. The molecule has 4 heteroatoms. The predicted octanol–water partition coefficient (Wildman–Crippen LogP) is 10.7. The molecule has 0 atom stereocenters. The minimum Gasteiger partial charge on any atom is -0.456 e. The van der Waals surface area contributed by atoms with Crippen LogP contribution in [0.25, 0.3) is 88.8 Å². The maximum absolute atomic E-state index is 9.26. The first-order chi connectivity index (χ1) is 27.7. The van der Waals surface area contributed by atoms with Crippen molar-refractivity contribution in [1.29, 1.82) is 0 Å². The summed E-state index contributed by atoms with van der Waals surface area (Å²) < 4.78 is 122. The van der Waals surface area contributed by atoms with Crippen molar-refractivity contribution in [1.82, 2.24) is 15.0 Å². The highest BCUT2D eigenvalue weighted by molar-refractivity contribution is 6.12. The summed E-state index contributed by atoms with van der Waals surface area (Å²) in [6, 6.07) is 12.7. The lowest BCUT2D eigenvalue weighted by atomic mass is 9.92. The molecule has 0 saturated carbocycles. The number of benzene rings is 7. The third-order valence-electron chi connectivity index (χ3n) is 7.60. The predicted molar refractivity (Wildman–Crippen MR) is 184 cm³/mol. The molecule has 9 aromatic rings. The van der Waals surface area contributed by atoms with E-state index in [2.05, 4.69) is 0 Å². The molecule has 0 aliphatic rings. The second-order valence-electron chi connectivity index (χ2n) is 10.2. The van der Waals surface area contributed by atoms with Crippen molar-refractivity contribution in [3.63, 3.8) is 0 Å². The molecule has 2 heterocycles. The highest BCUT2D eigenvalue weighted by Crippen LogP contribution is 2.39. The molecule has 0 N–H and O–H groups in total. The molecule has 0 aliphatic carbocycles. The SMILES string of the molecule is [2H]c1c([2H])c([2H])c2c(-c3c([2H])c([2H])c([2H])c4c(-c5nc(-c6ccccc6)nc(-c6cccc7oc8ccccc8c67)n5)c([2H])c([2H])c([2H])c34)c([2H])c([2H])c([2H])c2c1[2H]. The third kappa shape index (κ3) is 4.19. The summed E-state index contributed by atoms with van der Waals surface area (Å²) in [6.45, 7) is 0. The van der Waals surface area contributed by atoms with Crippen LogP contribution in [0.5, 0.6) is 0 Å². The van der Waals surface area contributed by atoms with Gasteiger partial charge in [0.25, 0.3) is 0 Å². The smallest absolute Gasteiger partial charge is 0.164 e. The van der Waals surface area contributed by atoms with Crippen molar-refractivity contribution in [2.45, 2.75) is 0 Å². The number of nitrogens with zero attached hydrogens (tertiary/aromatic N) is 3. The van der Waals surface area contributed by atoms with Crippen LogP contribution >= 0.6 is 0 Å². The highest BCUT2D eigenvalue weighted by Gasteiger charge is 2.19. The van der Waals surface area contributed by atoms with Crippen LogP contribution in [0, 0.1) is 0 Å². The fourth-order valence-electron chi connectivity index (χ4n) is 5.58. The summed E-state index contributed by atoms with van der Waals surface area (Å²) in [6.07, 6.45) is 0. The van der Waals surface area contributed by atoms with E-state index in [0.717, 1.165) is 5.39 Å². The van der Waals surface area contributed by atoms with Crippen molar-refractivity contribution in [2.24, 2.45) is 0 Å². The Labute approximate surface area is 277 Å². The van der Waals surface area contributed by atoms with Crippen LogP contribution in [0.3, 0.4) is 0 Å². The summed E-state index contributed by atoms with van der Waals surface area (Å²) in [5.41, 5.74) is 1.08.